The minimum absolute atomic E-state index is 0.393. The van der Waals surface area contributed by atoms with E-state index in [1.807, 2.05) is 0 Å². The largest absolute Gasteiger partial charge is 0.419 e. The molecule has 6 nitrogen and oxygen atoms in total. The highest BCUT2D eigenvalue weighted by molar-refractivity contribution is 5.74. The van der Waals surface area contributed by atoms with Crippen LogP contribution < -0.4 is 11.5 Å². The SMILES string of the molecule is CN(Cc1ccc2oc(=O)n(C)c2c1)C(N)=O. The zero-order valence-corrected chi connectivity index (χ0v) is 9.64. The Labute approximate surface area is 97.2 Å². The Kier molecular flexibility index (Phi) is 2.63. The van der Waals surface area contributed by atoms with Crippen LogP contribution in [0.15, 0.2) is 27.4 Å². The average Bonchev–Trinajstić information content (AvgIpc) is 2.55. The summed E-state index contributed by atoms with van der Waals surface area (Å²) in [6, 6.07) is 4.82. The third-order valence-electron chi connectivity index (χ3n) is 2.65. The zero-order valence-electron chi connectivity index (χ0n) is 9.64. The number of hydrogen-bond donors (Lipinski definition) is 1. The quantitative estimate of drug-likeness (QED) is 0.829. The molecule has 0 radical (unpaired) electrons. The Morgan fingerprint density at radius 3 is 2.88 bits per heavy atom. The second kappa shape index (κ2) is 3.97. The molecule has 0 spiro atoms. The molecule has 0 atom stereocenters. The van der Waals surface area contributed by atoms with E-state index in [-0.39, 0.29) is 0 Å². The van der Waals surface area contributed by atoms with Gasteiger partial charge in [-0.15, -0.1) is 0 Å². The lowest BCUT2D eigenvalue weighted by Crippen LogP contribution is -2.31. The maximum absolute atomic E-state index is 11.3. The number of urea groups is 1. The fourth-order valence-corrected chi connectivity index (χ4v) is 1.62. The van der Waals surface area contributed by atoms with E-state index in [1.54, 1.807) is 32.3 Å². The molecule has 6 heteroatoms. The molecule has 0 aliphatic carbocycles. The number of nitrogens with zero attached hydrogens (tertiary/aromatic N) is 2. The summed E-state index contributed by atoms with van der Waals surface area (Å²) in [5.41, 5.74) is 7.26. The predicted molar refractivity (Wildman–Crippen MR) is 62.5 cm³/mol. The fourth-order valence-electron chi connectivity index (χ4n) is 1.62. The van der Waals surface area contributed by atoms with Crippen molar-refractivity contribution < 1.29 is 9.21 Å². The molecule has 0 fully saturated rings. The van der Waals surface area contributed by atoms with Crippen molar-refractivity contribution in [3.8, 4) is 0 Å². The fraction of sp³-hybridized carbons (Fsp3) is 0.273. The summed E-state index contributed by atoms with van der Waals surface area (Å²) in [7, 11) is 3.25. The highest BCUT2D eigenvalue weighted by atomic mass is 16.4. The number of amides is 2. The van der Waals surface area contributed by atoms with Crippen LogP contribution in [0.5, 0.6) is 0 Å². The molecule has 2 rings (SSSR count). The molecule has 1 aromatic carbocycles. The highest BCUT2D eigenvalue weighted by Gasteiger charge is 2.09. The summed E-state index contributed by atoms with van der Waals surface area (Å²) in [5, 5.41) is 0. The van der Waals surface area contributed by atoms with Crippen molar-refractivity contribution in [2.45, 2.75) is 6.54 Å². The molecule has 17 heavy (non-hydrogen) atoms. The van der Waals surface area contributed by atoms with Crippen LogP contribution in [0.1, 0.15) is 5.56 Å². The van der Waals surface area contributed by atoms with Gasteiger partial charge in [0.15, 0.2) is 5.58 Å². The molecular weight excluding hydrogens is 222 g/mol. The maximum Gasteiger partial charge on any atom is 0.419 e. The monoisotopic (exact) mass is 235 g/mol. The number of carbonyl (C=O) groups excluding carboxylic acids is 1. The standard InChI is InChI=1S/C11H13N3O3/c1-13(10(12)15)6-7-3-4-9-8(5-7)14(2)11(16)17-9/h3-5H,6H2,1-2H3,(H2,12,15). The van der Waals surface area contributed by atoms with Crippen molar-refractivity contribution in [1.29, 1.82) is 0 Å². The van der Waals surface area contributed by atoms with Crippen LogP contribution >= 0.6 is 0 Å². The molecule has 2 aromatic rings. The molecular formula is C11H13N3O3. The number of aryl methyl sites for hydroxylation is 1. The first-order valence-electron chi connectivity index (χ1n) is 5.08. The molecule has 0 saturated heterocycles. The van der Waals surface area contributed by atoms with Crippen molar-refractivity contribution in [3.63, 3.8) is 0 Å². The van der Waals surface area contributed by atoms with Gasteiger partial charge in [-0.3, -0.25) is 4.57 Å². The first kappa shape index (κ1) is 11.3. The Bertz CT molecular complexity index is 626. The number of benzene rings is 1. The van der Waals surface area contributed by atoms with Crippen LogP contribution in [0.4, 0.5) is 4.79 Å². The normalized spacial score (nSPS) is 10.7. The Morgan fingerprint density at radius 2 is 2.24 bits per heavy atom. The van der Waals surface area contributed by atoms with E-state index in [0.717, 1.165) is 5.56 Å². The molecule has 1 heterocycles. The van der Waals surface area contributed by atoms with E-state index in [1.165, 1.54) is 9.47 Å². The van der Waals surface area contributed by atoms with E-state index in [9.17, 15) is 9.59 Å². The number of nitrogens with two attached hydrogens (primary N) is 1. The van der Waals surface area contributed by atoms with Crippen molar-refractivity contribution in [1.82, 2.24) is 9.47 Å². The molecule has 1 aromatic heterocycles. The molecule has 90 valence electrons. The summed E-state index contributed by atoms with van der Waals surface area (Å²) in [4.78, 5) is 23.6. The number of carbonyl (C=O) groups is 1. The number of oxazole rings is 1. The van der Waals surface area contributed by atoms with Gasteiger partial charge in [0.2, 0.25) is 0 Å². The Morgan fingerprint density at radius 1 is 1.53 bits per heavy atom. The van der Waals surface area contributed by atoms with Crippen LogP contribution in [-0.4, -0.2) is 22.5 Å². The van der Waals surface area contributed by atoms with Gasteiger partial charge in [-0.2, -0.15) is 0 Å². The molecule has 0 unspecified atom stereocenters. The van der Waals surface area contributed by atoms with Gasteiger partial charge in [0.25, 0.3) is 0 Å². The van der Waals surface area contributed by atoms with E-state index >= 15 is 0 Å². The third kappa shape index (κ3) is 2.01. The summed E-state index contributed by atoms with van der Waals surface area (Å²) in [6.07, 6.45) is 0. The first-order valence-corrected chi connectivity index (χ1v) is 5.08. The van der Waals surface area contributed by atoms with Crippen LogP contribution in [-0.2, 0) is 13.6 Å². The van der Waals surface area contributed by atoms with E-state index in [0.29, 0.717) is 17.6 Å². The van der Waals surface area contributed by atoms with Crippen molar-refractivity contribution in [2.24, 2.45) is 12.8 Å². The zero-order chi connectivity index (χ0) is 12.6. The average molecular weight is 235 g/mol. The van der Waals surface area contributed by atoms with Crippen LogP contribution in [0.3, 0.4) is 0 Å². The van der Waals surface area contributed by atoms with Gasteiger partial charge < -0.3 is 15.1 Å². The first-order chi connectivity index (χ1) is 7.99. The second-order valence-corrected chi connectivity index (χ2v) is 3.92. The molecule has 0 aliphatic heterocycles. The van der Waals surface area contributed by atoms with Gasteiger partial charge in [-0.1, -0.05) is 6.07 Å². The lowest BCUT2D eigenvalue weighted by molar-refractivity contribution is 0.216. The van der Waals surface area contributed by atoms with Gasteiger partial charge in [0.05, 0.1) is 5.52 Å². The number of primary amides is 1. The lowest BCUT2D eigenvalue weighted by atomic mass is 10.2. The third-order valence-corrected chi connectivity index (χ3v) is 2.65. The van der Waals surface area contributed by atoms with E-state index in [2.05, 4.69) is 0 Å². The Hall–Kier alpha value is -2.24. The molecule has 0 saturated carbocycles. The molecule has 2 N–H and O–H groups in total. The van der Waals surface area contributed by atoms with Crippen LogP contribution in [0.25, 0.3) is 11.1 Å². The number of rotatable bonds is 2. The lowest BCUT2D eigenvalue weighted by Gasteiger charge is -2.13. The molecule has 2 amide bonds. The molecule has 0 aliphatic rings. The topological polar surface area (TPSA) is 81.5 Å². The summed E-state index contributed by atoms with van der Waals surface area (Å²) in [6.45, 7) is 0.393. The van der Waals surface area contributed by atoms with E-state index < -0.39 is 11.8 Å². The van der Waals surface area contributed by atoms with Crippen LogP contribution in [0, 0.1) is 0 Å². The predicted octanol–water partition coefficient (Wildman–Crippen LogP) is 0.642. The second-order valence-electron chi connectivity index (χ2n) is 3.92. The highest BCUT2D eigenvalue weighted by Crippen LogP contribution is 2.15. The summed E-state index contributed by atoms with van der Waals surface area (Å²) in [5.74, 6) is -0.402. The van der Waals surface area contributed by atoms with Gasteiger partial charge in [0.1, 0.15) is 0 Å². The maximum atomic E-state index is 11.3. The smallest absolute Gasteiger partial charge is 0.408 e. The van der Waals surface area contributed by atoms with Crippen molar-refractivity contribution in [3.05, 3.63) is 34.3 Å². The summed E-state index contributed by atoms with van der Waals surface area (Å²) < 4.78 is 6.43. The number of hydrogen-bond acceptors (Lipinski definition) is 3. The number of aromatic nitrogens is 1. The Balaban J connectivity index is 2.40. The van der Waals surface area contributed by atoms with Crippen LogP contribution in [0.2, 0.25) is 0 Å². The van der Waals surface area contributed by atoms with E-state index in [4.69, 9.17) is 10.2 Å². The van der Waals surface area contributed by atoms with Gasteiger partial charge in [0, 0.05) is 20.6 Å². The minimum Gasteiger partial charge on any atom is -0.408 e. The minimum atomic E-state index is -0.494. The van der Waals surface area contributed by atoms with Crippen molar-refractivity contribution in [2.75, 3.05) is 7.05 Å². The summed E-state index contributed by atoms with van der Waals surface area (Å²) >= 11 is 0. The van der Waals surface area contributed by atoms with Gasteiger partial charge in [-0.05, 0) is 17.7 Å². The number of fused-ring (bicyclic) bond motifs is 1. The van der Waals surface area contributed by atoms with Crippen molar-refractivity contribution >= 4 is 17.1 Å². The molecule has 0 bridgehead atoms. The van der Waals surface area contributed by atoms with Gasteiger partial charge in [-0.25, -0.2) is 9.59 Å². The van der Waals surface area contributed by atoms with Gasteiger partial charge >= 0.3 is 11.8 Å².